The molecule has 0 fully saturated rings. The van der Waals surface area contributed by atoms with Gasteiger partial charge in [0.1, 0.15) is 5.82 Å². The summed E-state index contributed by atoms with van der Waals surface area (Å²) >= 11 is 0. The first-order valence-corrected chi connectivity index (χ1v) is 8.85. The van der Waals surface area contributed by atoms with Gasteiger partial charge in [-0.25, -0.2) is 18.1 Å². The number of rotatable bonds is 6. The zero-order valence-electron chi connectivity index (χ0n) is 13.5. The largest absolute Gasteiger partial charge is 0.334 e. The van der Waals surface area contributed by atoms with Crippen LogP contribution in [-0.4, -0.2) is 18.0 Å². The van der Waals surface area contributed by atoms with Gasteiger partial charge in [0, 0.05) is 18.9 Å². The van der Waals surface area contributed by atoms with Crippen LogP contribution in [0.5, 0.6) is 0 Å². The summed E-state index contributed by atoms with van der Waals surface area (Å²) in [6.45, 7) is 9.10. The molecule has 6 heteroatoms. The highest BCUT2D eigenvalue weighted by Gasteiger charge is 2.16. The third-order valence-corrected chi connectivity index (χ3v) is 4.97. The fourth-order valence-corrected chi connectivity index (χ4v) is 3.26. The van der Waals surface area contributed by atoms with Gasteiger partial charge in [-0.1, -0.05) is 19.9 Å². The predicted molar refractivity (Wildman–Crippen MR) is 87.0 cm³/mol. The number of hydrogen-bond acceptors (Lipinski definition) is 3. The molecular formula is C16H23N3O2S. The van der Waals surface area contributed by atoms with E-state index in [-0.39, 0.29) is 11.4 Å². The number of aryl methyl sites for hydroxylation is 2. The highest BCUT2D eigenvalue weighted by atomic mass is 32.2. The summed E-state index contributed by atoms with van der Waals surface area (Å²) in [4.78, 5) is 4.52. The van der Waals surface area contributed by atoms with Crippen molar-refractivity contribution >= 4 is 10.0 Å². The summed E-state index contributed by atoms with van der Waals surface area (Å²) in [5.74, 6) is 1.20. The molecule has 0 atom stereocenters. The van der Waals surface area contributed by atoms with Gasteiger partial charge in [0.2, 0.25) is 10.0 Å². The number of imidazole rings is 1. The highest BCUT2D eigenvalue weighted by Crippen LogP contribution is 2.15. The number of sulfonamides is 1. The van der Waals surface area contributed by atoms with Crippen molar-refractivity contribution in [2.75, 3.05) is 0 Å². The minimum Gasteiger partial charge on any atom is -0.334 e. The second-order valence-electron chi connectivity index (χ2n) is 5.96. The summed E-state index contributed by atoms with van der Waals surface area (Å²) in [5.41, 5.74) is 2.04. The maximum Gasteiger partial charge on any atom is 0.240 e. The minimum absolute atomic E-state index is 0.189. The first-order chi connectivity index (χ1) is 10.3. The number of nitrogens with zero attached hydrogens (tertiary/aromatic N) is 2. The van der Waals surface area contributed by atoms with Gasteiger partial charge < -0.3 is 4.57 Å². The maximum atomic E-state index is 12.4. The molecule has 120 valence electrons. The second-order valence-corrected chi connectivity index (χ2v) is 7.73. The number of nitrogens with one attached hydrogen (secondary N) is 1. The first kappa shape index (κ1) is 16.7. The molecule has 0 aliphatic rings. The van der Waals surface area contributed by atoms with Crippen LogP contribution in [0.4, 0.5) is 0 Å². The third kappa shape index (κ3) is 3.96. The van der Waals surface area contributed by atoms with Gasteiger partial charge in [-0.15, -0.1) is 0 Å². The molecule has 1 aromatic heterocycles. The number of aromatic nitrogens is 2. The van der Waals surface area contributed by atoms with Crippen molar-refractivity contribution < 1.29 is 8.42 Å². The molecule has 1 heterocycles. The molecule has 0 saturated carbocycles. The Morgan fingerprint density at radius 3 is 2.59 bits per heavy atom. The zero-order valence-corrected chi connectivity index (χ0v) is 14.3. The average molecular weight is 321 g/mol. The van der Waals surface area contributed by atoms with Crippen LogP contribution in [0.1, 0.15) is 30.8 Å². The standard InChI is InChI=1S/C16H23N3O2S/c1-12(2)11-19-8-7-17-16(19)10-18-22(20,21)15-6-5-13(3)14(4)9-15/h5-9,12,18H,10-11H2,1-4H3. The molecule has 22 heavy (non-hydrogen) atoms. The van der Waals surface area contributed by atoms with Crippen LogP contribution >= 0.6 is 0 Å². The summed E-state index contributed by atoms with van der Waals surface area (Å²) in [5, 5.41) is 0. The Kier molecular flexibility index (Phi) is 5.03. The van der Waals surface area contributed by atoms with Crippen LogP contribution in [-0.2, 0) is 23.1 Å². The van der Waals surface area contributed by atoms with Crippen molar-refractivity contribution in [3.05, 3.63) is 47.5 Å². The Bertz CT molecular complexity index is 749. The fraction of sp³-hybridized carbons (Fsp3) is 0.438. The van der Waals surface area contributed by atoms with Gasteiger partial charge in [-0.2, -0.15) is 0 Å². The van der Waals surface area contributed by atoms with Crippen molar-refractivity contribution in [1.82, 2.24) is 14.3 Å². The molecule has 0 aliphatic carbocycles. The van der Waals surface area contributed by atoms with Crippen LogP contribution in [0.25, 0.3) is 0 Å². The topological polar surface area (TPSA) is 64.0 Å². The summed E-state index contributed by atoms with van der Waals surface area (Å²) in [7, 11) is -3.52. The number of benzene rings is 1. The van der Waals surface area contributed by atoms with E-state index in [4.69, 9.17) is 0 Å². The SMILES string of the molecule is Cc1ccc(S(=O)(=O)NCc2nccn2CC(C)C)cc1C. The van der Waals surface area contributed by atoms with Crippen molar-refractivity contribution in [2.24, 2.45) is 5.92 Å². The van der Waals surface area contributed by atoms with Crippen LogP contribution < -0.4 is 4.72 Å². The van der Waals surface area contributed by atoms with E-state index in [1.807, 2.05) is 30.7 Å². The molecule has 2 rings (SSSR count). The molecule has 0 amide bonds. The minimum atomic E-state index is -3.52. The lowest BCUT2D eigenvalue weighted by molar-refractivity contribution is 0.502. The van der Waals surface area contributed by atoms with E-state index in [0.29, 0.717) is 5.92 Å². The lowest BCUT2D eigenvalue weighted by atomic mass is 10.1. The van der Waals surface area contributed by atoms with E-state index < -0.39 is 10.0 Å². The predicted octanol–water partition coefficient (Wildman–Crippen LogP) is 2.63. The lowest BCUT2D eigenvalue weighted by Gasteiger charge is -2.12. The molecule has 5 nitrogen and oxygen atoms in total. The average Bonchev–Trinajstić information content (AvgIpc) is 2.86. The summed E-state index contributed by atoms with van der Waals surface area (Å²) in [6.07, 6.45) is 3.57. The molecule has 0 radical (unpaired) electrons. The van der Waals surface area contributed by atoms with Crippen molar-refractivity contribution in [2.45, 2.75) is 45.7 Å². The fourth-order valence-electron chi connectivity index (χ4n) is 2.19. The van der Waals surface area contributed by atoms with Crippen molar-refractivity contribution in [3.63, 3.8) is 0 Å². The molecule has 1 N–H and O–H groups in total. The van der Waals surface area contributed by atoms with Gasteiger partial charge in [-0.05, 0) is 43.0 Å². The van der Waals surface area contributed by atoms with Gasteiger partial charge in [0.25, 0.3) is 0 Å². The third-order valence-electron chi connectivity index (χ3n) is 3.57. The second kappa shape index (κ2) is 6.62. The van der Waals surface area contributed by atoms with Crippen LogP contribution in [0.2, 0.25) is 0 Å². The quantitative estimate of drug-likeness (QED) is 0.889. The van der Waals surface area contributed by atoms with E-state index >= 15 is 0 Å². The molecular weight excluding hydrogens is 298 g/mol. The van der Waals surface area contributed by atoms with E-state index in [0.717, 1.165) is 23.5 Å². The molecule has 0 spiro atoms. The van der Waals surface area contributed by atoms with Gasteiger partial charge in [0.15, 0.2) is 0 Å². The molecule has 2 aromatic rings. The summed E-state index contributed by atoms with van der Waals surface area (Å²) < 4.78 is 29.4. The van der Waals surface area contributed by atoms with Crippen LogP contribution in [0, 0.1) is 19.8 Å². The lowest BCUT2D eigenvalue weighted by Crippen LogP contribution is -2.25. The van der Waals surface area contributed by atoms with Gasteiger partial charge in [-0.3, -0.25) is 0 Å². The maximum absolute atomic E-state index is 12.4. The van der Waals surface area contributed by atoms with E-state index in [1.54, 1.807) is 18.3 Å². The van der Waals surface area contributed by atoms with E-state index in [2.05, 4.69) is 23.6 Å². The molecule has 0 saturated heterocycles. The van der Waals surface area contributed by atoms with Crippen molar-refractivity contribution in [1.29, 1.82) is 0 Å². The van der Waals surface area contributed by atoms with Gasteiger partial charge in [0.05, 0.1) is 11.4 Å². The van der Waals surface area contributed by atoms with Crippen molar-refractivity contribution in [3.8, 4) is 0 Å². The molecule has 0 unspecified atom stereocenters. The normalized spacial score (nSPS) is 12.0. The number of hydrogen-bond donors (Lipinski definition) is 1. The Morgan fingerprint density at radius 1 is 1.23 bits per heavy atom. The molecule has 0 aliphatic heterocycles. The molecule has 1 aromatic carbocycles. The Morgan fingerprint density at radius 2 is 1.95 bits per heavy atom. The van der Waals surface area contributed by atoms with E-state index in [9.17, 15) is 8.42 Å². The Labute approximate surface area is 132 Å². The first-order valence-electron chi connectivity index (χ1n) is 7.36. The van der Waals surface area contributed by atoms with Crippen LogP contribution in [0.15, 0.2) is 35.5 Å². The zero-order chi connectivity index (χ0) is 16.3. The van der Waals surface area contributed by atoms with Gasteiger partial charge >= 0.3 is 0 Å². The van der Waals surface area contributed by atoms with E-state index in [1.165, 1.54) is 0 Å². The highest BCUT2D eigenvalue weighted by molar-refractivity contribution is 7.89. The molecule has 0 bridgehead atoms. The Hall–Kier alpha value is -1.66. The van der Waals surface area contributed by atoms with Crippen LogP contribution in [0.3, 0.4) is 0 Å². The smallest absolute Gasteiger partial charge is 0.240 e. The Balaban J connectivity index is 2.13. The monoisotopic (exact) mass is 321 g/mol. The summed E-state index contributed by atoms with van der Waals surface area (Å²) in [6, 6.07) is 5.15.